The lowest BCUT2D eigenvalue weighted by Crippen LogP contribution is -2.11. The molecule has 26 heavy (non-hydrogen) atoms. The van der Waals surface area contributed by atoms with Gasteiger partial charge in [-0.15, -0.1) is 0 Å². The molecule has 5 nitrogen and oxygen atoms in total. The molecule has 3 aromatic carbocycles. The second kappa shape index (κ2) is 6.72. The average Bonchev–Trinajstić information content (AvgIpc) is 3.12. The van der Waals surface area contributed by atoms with Crippen molar-refractivity contribution in [1.29, 1.82) is 0 Å². The van der Waals surface area contributed by atoms with Crippen LogP contribution in [-0.4, -0.2) is 23.0 Å². The molecule has 2 N–H and O–H groups in total. The number of methoxy groups -OCH3 is 1. The Balaban J connectivity index is 1.60. The highest BCUT2D eigenvalue weighted by Gasteiger charge is 2.09. The van der Waals surface area contributed by atoms with Crippen molar-refractivity contribution in [2.45, 2.75) is 0 Å². The Kier molecular flexibility index (Phi) is 4.11. The van der Waals surface area contributed by atoms with Crippen molar-refractivity contribution in [1.82, 2.24) is 9.97 Å². The quantitative estimate of drug-likeness (QED) is 0.574. The Hall–Kier alpha value is -3.60. The van der Waals surface area contributed by atoms with Gasteiger partial charge in [-0.25, -0.2) is 4.98 Å². The van der Waals surface area contributed by atoms with Gasteiger partial charge in [0.25, 0.3) is 5.91 Å². The fraction of sp³-hybridized carbons (Fsp3) is 0.0476. The van der Waals surface area contributed by atoms with E-state index in [2.05, 4.69) is 15.3 Å². The molecule has 4 aromatic rings. The summed E-state index contributed by atoms with van der Waals surface area (Å²) in [5.74, 6) is 1.44. The summed E-state index contributed by atoms with van der Waals surface area (Å²) < 4.78 is 5.18. The monoisotopic (exact) mass is 343 g/mol. The summed E-state index contributed by atoms with van der Waals surface area (Å²) in [6.07, 6.45) is 0. The number of anilines is 1. The fourth-order valence-corrected chi connectivity index (χ4v) is 2.77. The number of H-pyrrole nitrogens is 1. The van der Waals surface area contributed by atoms with Crippen molar-refractivity contribution in [2.24, 2.45) is 0 Å². The Morgan fingerprint density at radius 2 is 1.77 bits per heavy atom. The van der Waals surface area contributed by atoms with Crippen molar-refractivity contribution in [3.8, 4) is 17.1 Å². The molecule has 0 saturated heterocycles. The second-order valence-corrected chi connectivity index (χ2v) is 5.87. The highest BCUT2D eigenvalue weighted by Crippen LogP contribution is 2.24. The molecule has 0 atom stereocenters. The van der Waals surface area contributed by atoms with Gasteiger partial charge in [-0.05, 0) is 54.6 Å². The number of aromatic amines is 1. The lowest BCUT2D eigenvalue weighted by atomic mass is 10.2. The molecular weight excluding hydrogens is 326 g/mol. The summed E-state index contributed by atoms with van der Waals surface area (Å²) in [5, 5.41) is 2.91. The van der Waals surface area contributed by atoms with E-state index in [1.165, 1.54) is 0 Å². The van der Waals surface area contributed by atoms with Crippen LogP contribution >= 0.6 is 0 Å². The number of ether oxygens (including phenoxy) is 1. The van der Waals surface area contributed by atoms with Crippen LogP contribution in [-0.2, 0) is 0 Å². The topological polar surface area (TPSA) is 67.0 Å². The lowest BCUT2D eigenvalue weighted by Gasteiger charge is -2.04. The molecule has 0 aliphatic rings. The predicted octanol–water partition coefficient (Wildman–Crippen LogP) is 4.49. The van der Waals surface area contributed by atoms with Gasteiger partial charge in [0.15, 0.2) is 0 Å². The number of carbonyl (C=O) groups excluding carboxylic acids is 1. The number of rotatable bonds is 4. The number of nitrogens with one attached hydrogen (secondary N) is 2. The van der Waals surface area contributed by atoms with E-state index < -0.39 is 0 Å². The van der Waals surface area contributed by atoms with Gasteiger partial charge in [-0.2, -0.15) is 0 Å². The molecule has 0 fully saturated rings. The van der Waals surface area contributed by atoms with E-state index in [0.717, 1.165) is 33.9 Å². The van der Waals surface area contributed by atoms with E-state index in [9.17, 15) is 4.79 Å². The molecule has 0 aliphatic carbocycles. The minimum atomic E-state index is -0.139. The minimum absolute atomic E-state index is 0.139. The number of benzene rings is 3. The first-order valence-electron chi connectivity index (χ1n) is 8.23. The van der Waals surface area contributed by atoms with Crippen LogP contribution in [0.4, 0.5) is 5.69 Å². The zero-order valence-corrected chi connectivity index (χ0v) is 14.2. The van der Waals surface area contributed by atoms with Crippen LogP contribution in [0.15, 0.2) is 72.8 Å². The van der Waals surface area contributed by atoms with Gasteiger partial charge < -0.3 is 15.0 Å². The van der Waals surface area contributed by atoms with Gasteiger partial charge in [0.1, 0.15) is 11.6 Å². The SMILES string of the molecule is COc1ccc(-c2nc3ccc(NC(=O)c4ccccc4)cc3[nH]2)cc1. The van der Waals surface area contributed by atoms with E-state index in [1.807, 2.05) is 60.7 Å². The predicted molar refractivity (Wildman–Crippen MR) is 102 cm³/mol. The number of hydrogen-bond donors (Lipinski definition) is 2. The van der Waals surface area contributed by atoms with Crippen molar-refractivity contribution in [3.63, 3.8) is 0 Å². The zero-order chi connectivity index (χ0) is 17.9. The number of fused-ring (bicyclic) bond motifs is 1. The number of amides is 1. The summed E-state index contributed by atoms with van der Waals surface area (Å²) >= 11 is 0. The third kappa shape index (κ3) is 3.15. The molecule has 0 saturated carbocycles. The minimum Gasteiger partial charge on any atom is -0.497 e. The summed E-state index contributed by atoms with van der Waals surface area (Å²) in [5.41, 5.74) is 4.01. The van der Waals surface area contributed by atoms with Crippen LogP contribution in [0.5, 0.6) is 5.75 Å². The van der Waals surface area contributed by atoms with E-state index in [-0.39, 0.29) is 5.91 Å². The van der Waals surface area contributed by atoms with Crippen molar-refractivity contribution in [3.05, 3.63) is 78.4 Å². The first-order valence-corrected chi connectivity index (χ1v) is 8.23. The maximum atomic E-state index is 12.3. The molecule has 4 rings (SSSR count). The number of carbonyl (C=O) groups is 1. The first-order chi connectivity index (χ1) is 12.7. The Labute approximate surface area is 150 Å². The molecule has 1 aromatic heterocycles. The highest BCUT2D eigenvalue weighted by molar-refractivity contribution is 6.05. The number of imidazole rings is 1. The highest BCUT2D eigenvalue weighted by atomic mass is 16.5. The first kappa shape index (κ1) is 15.9. The smallest absolute Gasteiger partial charge is 0.255 e. The third-order valence-corrected chi connectivity index (χ3v) is 4.14. The summed E-state index contributed by atoms with van der Waals surface area (Å²) in [6.45, 7) is 0. The van der Waals surface area contributed by atoms with Crippen LogP contribution in [0.2, 0.25) is 0 Å². The van der Waals surface area contributed by atoms with Crippen LogP contribution in [0.25, 0.3) is 22.4 Å². The average molecular weight is 343 g/mol. The molecule has 1 amide bonds. The van der Waals surface area contributed by atoms with E-state index in [4.69, 9.17) is 4.74 Å². The van der Waals surface area contributed by atoms with Crippen molar-refractivity contribution >= 4 is 22.6 Å². The number of aromatic nitrogens is 2. The number of hydrogen-bond acceptors (Lipinski definition) is 3. The summed E-state index contributed by atoms with van der Waals surface area (Å²) in [4.78, 5) is 20.2. The van der Waals surface area contributed by atoms with Gasteiger partial charge in [-0.1, -0.05) is 18.2 Å². The van der Waals surface area contributed by atoms with Gasteiger partial charge in [0, 0.05) is 16.8 Å². The summed E-state index contributed by atoms with van der Waals surface area (Å²) in [7, 11) is 1.64. The van der Waals surface area contributed by atoms with Gasteiger partial charge in [-0.3, -0.25) is 4.79 Å². The van der Waals surface area contributed by atoms with Crippen LogP contribution < -0.4 is 10.1 Å². The van der Waals surface area contributed by atoms with Crippen molar-refractivity contribution < 1.29 is 9.53 Å². The number of nitrogens with zero attached hydrogens (tertiary/aromatic N) is 1. The molecule has 0 radical (unpaired) electrons. The van der Waals surface area contributed by atoms with E-state index in [0.29, 0.717) is 5.56 Å². The largest absolute Gasteiger partial charge is 0.497 e. The molecule has 5 heteroatoms. The Bertz CT molecular complexity index is 1050. The molecule has 0 spiro atoms. The molecule has 0 unspecified atom stereocenters. The van der Waals surface area contributed by atoms with Crippen LogP contribution in [0.1, 0.15) is 10.4 Å². The second-order valence-electron chi connectivity index (χ2n) is 5.87. The summed E-state index contributed by atoms with van der Waals surface area (Å²) in [6, 6.07) is 22.5. The fourth-order valence-electron chi connectivity index (χ4n) is 2.77. The molecular formula is C21H17N3O2. The standard InChI is InChI=1S/C21H17N3O2/c1-26-17-10-7-14(8-11-17)20-23-18-12-9-16(13-19(18)24-20)22-21(25)15-5-3-2-4-6-15/h2-13H,1H3,(H,22,25)(H,23,24). The lowest BCUT2D eigenvalue weighted by molar-refractivity contribution is 0.102. The Morgan fingerprint density at radius 3 is 2.50 bits per heavy atom. The maximum absolute atomic E-state index is 12.3. The van der Waals surface area contributed by atoms with E-state index >= 15 is 0 Å². The van der Waals surface area contributed by atoms with Gasteiger partial charge in [0.05, 0.1) is 18.1 Å². The molecule has 0 aliphatic heterocycles. The normalized spacial score (nSPS) is 10.7. The van der Waals surface area contributed by atoms with Crippen LogP contribution in [0.3, 0.4) is 0 Å². The van der Waals surface area contributed by atoms with E-state index in [1.54, 1.807) is 19.2 Å². The molecule has 0 bridgehead atoms. The molecule has 128 valence electrons. The van der Waals surface area contributed by atoms with Crippen molar-refractivity contribution in [2.75, 3.05) is 12.4 Å². The maximum Gasteiger partial charge on any atom is 0.255 e. The van der Waals surface area contributed by atoms with Gasteiger partial charge >= 0.3 is 0 Å². The zero-order valence-electron chi connectivity index (χ0n) is 14.2. The Morgan fingerprint density at radius 1 is 1.00 bits per heavy atom. The van der Waals surface area contributed by atoms with Gasteiger partial charge in [0.2, 0.25) is 0 Å². The molecule has 1 heterocycles. The third-order valence-electron chi connectivity index (χ3n) is 4.14. The van der Waals surface area contributed by atoms with Crippen LogP contribution in [0, 0.1) is 0 Å².